The Morgan fingerprint density at radius 3 is 2.89 bits per heavy atom. The summed E-state index contributed by atoms with van der Waals surface area (Å²) in [6.45, 7) is 4.50. The fraction of sp³-hybridized carbons (Fsp3) is 0.267. The number of benzene rings is 1. The molecule has 1 aliphatic heterocycles. The summed E-state index contributed by atoms with van der Waals surface area (Å²) in [5, 5.41) is 3.35. The van der Waals surface area contributed by atoms with Gasteiger partial charge in [-0.2, -0.15) is 0 Å². The first-order chi connectivity index (χ1) is 8.83. The van der Waals surface area contributed by atoms with Gasteiger partial charge in [0.2, 0.25) is 0 Å². The van der Waals surface area contributed by atoms with Crippen molar-refractivity contribution >= 4 is 0 Å². The molecular formula is C15H16N2O. The summed E-state index contributed by atoms with van der Waals surface area (Å²) in [7, 11) is 0. The van der Waals surface area contributed by atoms with Crippen molar-refractivity contribution in [2.45, 2.75) is 13.5 Å². The van der Waals surface area contributed by atoms with Crippen LogP contribution in [0.1, 0.15) is 11.3 Å². The lowest BCUT2D eigenvalue weighted by atomic mass is 10.0. The first-order valence-electron chi connectivity index (χ1n) is 6.22. The van der Waals surface area contributed by atoms with Gasteiger partial charge in [0.05, 0.1) is 0 Å². The van der Waals surface area contributed by atoms with Gasteiger partial charge in [0.25, 0.3) is 0 Å². The van der Waals surface area contributed by atoms with Crippen molar-refractivity contribution in [3.05, 3.63) is 47.8 Å². The number of hydrogen-bond donors (Lipinski definition) is 1. The number of pyridine rings is 1. The van der Waals surface area contributed by atoms with E-state index in [1.807, 2.05) is 19.2 Å². The van der Waals surface area contributed by atoms with E-state index in [2.05, 4.69) is 34.6 Å². The number of nitrogens with zero attached hydrogens (tertiary/aromatic N) is 1. The molecule has 0 saturated carbocycles. The molecule has 0 amide bonds. The number of nitrogens with one attached hydrogen (secondary N) is 1. The monoisotopic (exact) mass is 240 g/mol. The van der Waals surface area contributed by atoms with Crippen molar-refractivity contribution < 1.29 is 4.74 Å². The van der Waals surface area contributed by atoms with Crippen LogP contribution in [0, 0.1) is 6.92 Å². The summed E-state index contributed by atoms with van der Waals surface area (Å²) in [5.41, 5.74) is 4.59. The number of aromatic nitrogens is 1. The Morgan fingerprint density at radius 1 is 1.17 bits per heavy atom. The zero-order valence-corrected chi connectivity index (χ0v) is 10.4. The molecule has 0 saturated heterocycles. The molecule has 0 fully saturated rings. The quantitative estimate of drug-likeness (QED) is 0.831. The molecule has 2 heterocycles. The fourth-order valence-electron chi connectivity index (χ4n) is 2.13. The predicted molar refractivity (Wildman–Crippen MR) is 71.6 cm³/mol. The SMILES string of the molecule is Cc1ccc(-c2ccc3c(c2)CNCCO3)cn1. The Bertz CT molecular complexity index is 549. The molecule has 1 aromatic heterocycles. The maximum atomic E-state index is 5.68. The molecule has 3 nitrogen and oxygen atoms in total. The van der Waals surface area contributed by atoms with Gasteiger partial charge in [-0.1, -0.05) is 12.1 Å². The molecule has 1 aromatic carbocycles. The van der Waals surface area contributed by atoms with Crippen molar-refractivity contribution in [2.24, 2.45) is 0 Å². The van der Waals surface area contributed by atoms with Crippen LogP contribution in [-0.4, -0.2) is 18.1 Å². The number of rotatable bonds is 1. The van der Waals surface area contributed by atoms with Crippen molar-refractivity contribution in [3.8, 4) is 16.9 Å². The van der Waals surface area contributed by atoms with Crippen LogP contribution in [0.3, 0.4) is 0 Å². The first kappa shape index (κ1) is 11.2. The van der Waals surface area contributed by atoms with Crippen LogP contribution in [0.2, 0.25) is 0 Å². The van der Waals surface area contributed by atoms with Crippen molar-refractivity contribution in [2.75, 3.05) is 13.2 Å². The Balaban J connectivity index is 1.98. The van der Waals surface area contributed by atoms with Crippen LogP contribution in [-0.2, 0) is 6.54 Å². The first-order valence-corrected chi connectivity index (χ1v) is 6.22. The minimum atomic E-state index is 0.735. The summed E-state index contributed by atoms with van der Waals surface area (Å²) in [6, 6.07) is 10.5. The van der Waals surface area contributed by atoms with Crippen LogP contribution in [0.15, 0.2) is 36.5 Å². The highest BCUT2D eigenvalue weighted by atomic mass is 16.5. The summed E-state index contributed by atoms with van der Waals surface area (Å²) in [4.78, 5) is 4.34. The predicted octanol–water partition coefficient (Wildman–Crippen LogP) is 2.54. The van der Waals surface area contributed by atoms with E-state index in [0.29, 0.717) is 0 Å². The average molecular weight is 240 g/mol. The molecule has 0 radical (unpaired) electrons. The second kappa shape index (κ2) is 4.78. The van der Waals surface area contributed by atoms with Gasteiger partial charge in [0, 0.05) is 36.1 Å². The van der Waals surface area contributed by atoms with E-state index in [-0.39, 0.29) is 0 Å². The fourth-order valence-corrected chi connectivity index (χ4v) is 2.13. The molecule has 1 aliphatic rings. The Morgan fingerprint density at radius 2 is 2.06 bits per heavy atom. The van der Waals surface area contributed by atoms with Gasteiger partial charge in [-0.3, -0.25) is 4.98 Å². The van der Waals surface area contributed by atoms with Gasteiger partial charge < -0.3 is 10.1 Å². The largest absolute Gasteiger partial charge is 0.492 e. The molecule has 2 aromatic rings. The summed E-state index contributed by atoms with van der Waals surface area (Å²) < 4.78 is 5.68. The molecule has 18 heavy (non-hydrogen) atoms. The third-order valence-corrected chi connectivity index (χ3v) is 3.16. The minimum Gasteiger partial charge on any atom is -0.492 e. The molecule has 0 aliphatic carbocycles. The molecule has 0 atom stereocenters. The Kier molecular flexibility index (Phi) is 2.99. The third-order valence-electron chi connectivity index (χ3n) is 3.16. The average Bonchev–Trinajstić information content (AvgIpc) is 2.64. The highest BCUT2D eigenvalue weighted by molar-refractivity contribution is 5.65. The molecule has 0 unspecified atom stereocenters. The normalized spacial score (nSPS) is 14.5. The van der Waals surface area contributed by atoms with Gasteiger partial charge >= 0.3 is 0 Å². The van der Waals surface area contributed by atoms with Gasteiger partial charge in [-0.25, -0.2) is 0 Å². The number of aryl methyl sites for hydroxylation is 1. The van der Waals surface area contributed by atoms with Crippen molar-refractivity contribution in [1.82, 2.24) is 10.3 Å². The van der Waals surface area contributed by atoms with Crippen LogP contribution in [0.4, 0.5) is 0 Å². The lowest BCUT2D eigenvalue weighted by molar-refractivity contribution is 0.326. The summed E-state index contributed by atoms with van der Waals surface area (Å²) >= 11 is 0. The summed E-state index contributed by atoms with van der Waals surface area (Å²) in [5.74, 6) is 0.990. The number of fused-ring (bicyclic) bond motifs is 1. The van der Waals surface area contributed by atoms with E-state index in [0.717, 1.165) is 36.7 Å². The second-order valence-corrected chi connectivity index (χ2v) is 4.54. The smallest absolute Gasteiger partial charge is 0.123 e. The molecule has 0 spiro atoms. The van der Waals surface area contributed by atoms with E-state index in [1.165, 1.54) is 11.1 Å². The Labute approximate surface area is 107 Å². The van der Waals surface area contributed by atoms with E-state index in [4.69, 9.17) is 4.74 Å². The van der Waals surface area contributed by atoms with E-state index in [9.17, 15) is 0 Å². The molecule has 3 rings (SSSR count). The van der Waals surface area contributed by atoms with E-state index in [1.54, 1.807) is 0 Å². The molecule has 3 heteroatoms. The molecule has 0 bridgehead atoms. The van der Waals surface area contributed by atoms with Crippen molar-refractivity contribution in [1.29, 1.82) is 0 Å². The van der Waals surface area contributed by atoms with Gasteiger partial charge in [0.1, 0.15) is 12.4 Å². The topological polar surface area (TPSA) is 34.1 Å². The highest BCUT2D eigenvalue weighted by Crippen LogP contribution is 2.27. The zero-order chi connectivity index (χ0) is 12.4. The standard InChI is InChI=1S/C15H16N2O/c1-11-2-3-13(10-17-11)12-4-5-15-14(8-12)9-16-6-7-18-15/h2-5,8,10,16H,6-7,9H2,1H3. The maximum absolute atomic E-state index is 5.68. The molecule has 1 N–H and O–H groups in total. The second-order valence-electron chi connectivity index (χ2n) is 4.54. The van der Waals surface area contributed by atoms with Crippen LogP contribution < -0.4 is 10.1 Å². The summed E-state index contributed by atoms with van der Waals surface area (Å²) in [6.07, 6.45) is 1.92. The highest BCUT2D eigenvalue weighted by Gasteiger charge is 2.09. The zero-order valence-electron chi connectivity index (χ0n) is 10.4. The van der Waals surface area contributed by atoms with Gasteiger partial charge in [-0.15, -0.1) is 0 Å². The minimum absolute atomic E-state index is 0.735. The Hall–Kier alpha value is -1.87. The van der Waals surface area contributed by atoms with Crippen LogP contribution in [0.25, 0.3) is 11.1 Å². The van der Waals surface area contributed by atoms with Gasteiger partial charge in [-0.05, 0) is 30.7 Å². The lowest BCUT2D eigenvalue weighted by Gasteiger charge is -2.09. The molecular weight excluding hydrogens is 224 g/mol. The van der Waals surface area contributed by atoms with Crippen LogP contribution >= 0.6 is 0 Å². The number of hydrogen-bond acceptors (Lipinski definition) is 3. The van der Waals surface area contributed by atoms with Crippen molar-refractivity contribution in [3.63, 3.8) is 0 Å². The van der Waals surface area contributed by atoms with E-state index < -0.39 is 0 Å². The van der Waals surface area contributed by atoms with Gasteiger partial charge in [0.15, 0.2) is 0 Å². The molecule has 92 valence electrons. The van der Waals surface area contributed by atoms with Crippen LogP contribution in [0.5, 0.6) is 5.75 Å². The third kappa shape index (κ3) is 2.22. The maximum Gasteiger partial charge on any atom is 0.123 e. The number of ether oxygens (including phenoxy) is 1. The van der Waals surface area contributed by atoms with E-state index >= 15 is 0 Å². The lowest BCUT2D eigenvalue weighted by Crippen LogP contribution is -2.16.